The predicted octanol–water partition coefficient (Wildman–Crippen LogP) is 2.97. The van der Waals surface area contributed by atoms with Crippen LogP contribution in [0.1, 0.15) is 30.1 Å². The number of nitrogens with one attached hydrogen (secondary N) is 1. The minimum absolute atomic E-state index is 0.0461. The summed E-state index contributed by atoms with van der Waals surface area (Å²) < 4.78 is 35.7. The Morgan fingerprint density at radius 2 is 1.82 bits per heavy atom. The molecule has 0 saturated heterocycles. The Balaban J connectivity index is 2.18. The van der Waals surface area contributed by atoms with Crippen molar-refractivity contribution >= 4 is 39.0 Å². The Morgan fingerprint density at radius 3 is 2.36 bits per heavy atom. The number of esters is 1. The second-order valence-electron chi connectivity index (χ2n) is 7.00. The van der Waals surface area contributed by atoms with E-state index in [1.54, 1.807) is 0 Å². The SMILES string of the molecule is CCCCOC(=O)c1ccc(NC(=O)CN(c2cc([N+](=O)[O-])ccc2OC)S(C)(=O)=O)cc1. The number of carbonyl (C=O) groups excluding carboxylic acids is 2. The van der Waals surface area contributed by atoms with Gasteiger partial charge in [0, 0.05) is 17.8 Å². The molecule has 11 nitrogen and oxygen atoms in total. The van der Waals surface area contributed by atoms with Gasteiger partial charge in [0.05, 0.1) is 30.5 Å². The van der Waals surface area contributed by atoms with Crippen LogP contribution in [0.3, 0.4) is 0 Å². The fourth-order valence-corrected chi connectivity index (χ4v) is 3.63. The lowest BCUT2D eigenvalue weighted by molar-refractivity contribution is -0.384. The van der Waals surface area contributed by atoms with Gasteiger partial charge in [-0.05, 0) is 36.8 Å². The van der Waals surface area contributed by atoms with E-state index in [9.17, 15) is 28.1 Å². The largest absolute Gasteiger partial charge is 0.495 e. The molecule has 0 aliphatic rings. The molecule has 0 atom stereocenters. The maximum Gasteiger partial charge on any atom is 0.338 e. The number of ether oxygens (including phenoxy) is 2. The summed E-state index contributed by atoms with van der Waals surface area (Å²) >= 11 is 0. The zero-order valence-electron chi connectivity index (χ0n) is 18.4. The molecule has 0 radical (unpaired) electrons. The maximum atomic E-state index is 12.6. The molecular formula is C21H25N3O8S. The Kier molecular flexibility index (Phi) is 8.74. The normalized spacial score (nSPS) is 10.9. The van der Waals surface area contributed by atoms with Gasteiger partial charge in [-0.2, -0.15) is 0 Å². The first-order valence-electron chi connectivity index (χ1n) is 9.94. The van der Waals surface area contributed by atoms with Crippen LogP contribution < -0.4 is 14.4 Å². The summed E-state index contributed by atoms with van der Waals surface area (Å²) in [6, 6.07) is 9.34. The number of sulfonamides is 1. The fourth-order valence-electron chi connectivity index (χ4n) is 2.78. The quantitative estimate of drug-likeness (QED) is 0.224. The van der Waals surface area contributed by atoms with E-state index in [4.69, 9.17) is 9.47 Å². The highest BCUT2D eigenvalue weighted by Gasteiger charge is 2.26. The average Bonchev–Trinajstić information content (AvgIpc) is 2.76. The number of nitro benzene ring substituents is 1. The van der Waals surface area contributed by atoms with Crippen LogP contribution >= 0.6 is 0 Å². The zero-order valence-corrected chi connectivity index (χ0v) is 19.3. The van der Waals surface area contributed by atoms with Gasteiger partial charge in [-0.15, -0.1) is 0 Å². The molecule has 12 heteroatoms. The Bertz CT molecular complexity index is 1120. The van der Waals surface area contributed by atoms with E-state index in [0.717, 1.165) is 31.2 Å². The molecule has 0 aliphatic heterocycles. The molecule has 1 amide bonds. The molecule has 0 aliphatic carbocycles. The average molecular weight is 480 g/mol. The highest BCUT2D eigenvalue weighted by atomic mass is 32.2. The number of non-ortho nitro benzene ring substituents is 1. The lowest BCUT2D eigenvalue weighted by Gasteiger charge is -2.23. The predicted molar refractivity (Wildman–Crippen MR) is 122 cm³/mol. The third-order valence-corrected chi connectivity index (χ3v) is 5.59. The summed E-state index contributed by atoms with van der Waals surface area (Å²) in [7, 11) is -2.72. The molecule has 0 fully saturated rings. The first kappa shape index (κ1) is 25.6. The second-order valence-corrected chi connectivity index (χ2v) is 8.90. The van der Waals surface area contributed by atoms with Crippen molar-refractivity contribution in [3.8, 4) is 5.75 Å². The minimum atomic E-state index is -4.00. The van der Waals surface area contributed by atoms with E-state index < -0.39 is 33.4 Å². The monoisotopic (exact) mass is 479 g/mol. The van der Waals surface area contributed by atoms with E-state index in [-0.39, 0.29) is 17.1 Å². The Morgan fingerprint density at radius 1 is 1.15 bits per heavy atom. The summed E-state index contributed by atoms with van der Waals surface area (Å²) in [5, 5.41) is 13.7. The number of anilines is 2. The van der Waals surface area contributed by atoms with Crippen molar-refractivity contribution in [2.24, 2.45) is 0 Å². The fraction of sp³-hybridized carbons (Fsp3) is 0.333. The number of nitro groups is 1. The van der Waals surface area contributed by atoms with Crippen LogP contribution in [0.2, 0.25) is 0 Å². The van der Waals surface area contributed by atoms with Gasteiger partial charge in [0.1, 0.15) is 18.0 Å². The molecule has 178 valence electrons. The first-order valence-corrected chi connectivity index (χ1v) is 11.8. The summed E-state index contributed by atoms with van der Waals surface area (Å²) in [4.78, 5) is 35.0. The lowest BCUT2D eigenvalue weighted by atomic mass is 10.2. The topological polar surface area (TPSA) is 145 Å². The van der Waals surface area contributed by atoms with Gasteiger partial charge in [0.2, 0.25) is 15.9 Å². The van der Waals surface area contributed by atoms with E-state index in [0.29, 0.717) is 22.2 Å². The molecule has 0 aromatic heterocycles. The van der Waals surface area contributed by atoms with Gasteiger partial charge in [0.15, 0.2) is 0 Å². The lowest BCUT2D eigenvalue weighted by Crippen LogP contribution is -2.37. The minimum Gasteiger partial charge on any atom is -0.495 e. The van der Waals surface area contributed by atoms with Crippen molar-refractivity contribution in [2.75, 3.05) is 36.1 Å². The van der Waals surface area contributed by atoms with Crippen molar-refractivity contribution in [1.29, 1.82) is 0 Å². The highest BCUT2D eigenvalue weighted by molar-refractivity contribution is 7.92. The summed E-state index contributed by atoms with van der Waals surface area (Å²) in [5.41, 5.74) is 0.128. The van der Waals surface area contributed by atoms with Crippen LogP contribution in [-0.2, 0) is 19.6 Å². The summed E-state index contributed by atoms with van der Waals surface area (Å²) in [5.74, 6) is -1.14. The summed E-state index contributed by atoms with van der Waals surface area (Å²) in [6.45, 7) is 1.64. The van der Waals surface area contributed by atoms with Gasteiger partial charge in [-0.25, -0.2) is 13.2 Å². The van der Waals surface area contributed by atoms with Gasteiger partial charge in [0.25, 0.3) is 5.69 Å². The number of rotatable bonds is 11. The van der Waals surface area contributed by atoms with Crippen LogP contribution in [-0.4, -0.2) is 51.7 Å². The van der Waals surface area contributed by atoms with Crippen molar-refractivity contribution < 1.29 is 32.4 Å². The Hall–Kier alpha value is -3.67. The molecular weight excluding hydrogens is 454 g/mol. The second kappa shape index (κ2) is 11.3. The third kappa shape index (κ3) is 7.17. The third-order valence-electron chi connectivity index (χ3n) is 4.46. The number of carbonyl (C=O) groups is 2. The molecule has 0 heterocycles. The summed E-state index contributed by atoms with van der Waals surface area (Å²) in [6.07, 6.45) is 2.52. The number of nitrogens with zero attached hydrogens (tertiary/aromatic N) is 2. The van der Waals surface area contributed by atoms with Crippen molar-refractivity contribution in [2.45, 2.75) is 19.8 Å². The van der Waals surface area contributed by atoms with E-state index in [2.05, 4.69) is 5.32 Å². The van der Waals surface area contributed by atoms with E-state index in [1.165, 1.54) is 37.4 Å². The maximum absolute atomic E-state index is 12.6. The molecule has 0 spiro atoms. The van der Waals surface area contributed by atoms with Gasteiger partial charge in [-0.1, -0.05) is 13.3 Å². The number of hydrogen-bond donors (Lipinski definition) is 1. The molecule has 33 heavy (non-hydrogen) atoms. The van der Waals surface area contributed by atoms with Crippen LogP contribution in [0, 0.1) is 10.1 Å². The van der Waals surface area contributed by atoms with E-state index in [1.807, 2.05) is 6.92 Å². The number of methoxy groups -OCH3 is 1. The first-order chi connectivity index (χ1) is 15.6. The van der Waals surface area contributed by atoms with Crippen LogP contribution in [0.4, 0.5) is 17.1 Å². The number of hydrogen-bond acceptors (Lipinski definition) is 8. The van der Waals surface area contributed by atoms with E-state index >= 15 is 0 Å². The molecule has 2 aromatic carbocycles. The molecule has 0 unspecified atom stereocenters. The van der Waals surface area contributed by atoms with Crippen molar-refractivity contribution in [3.05, 3.63) is 58.1 Å². The van der Waals surface area contributed by atoms with Crippen molar-refractivity contribution in [1.82, 2.24) is 0 Å². The molecule has 1 N–H and O–H groups in total. The zero-order chi connectivity index (χ0) is 24.6. The molecule has 0 bridgehead atoms. The van der Waals surface area contributed by atoms with Crippen LogP contribution in [0.25, 0.3) is 0 Å². The molecule has 2 rings (SSSR count). The smallest absolute Gasteiger partial charge is 0.338 e. The van der Waals surface area contributed by atoms with Crippen LogP contribution in [0.5, 0.6) is 5.75 Å². The molecule has 0 saturated carbocycles. The number of amides is 1. The van der Waals surface area contributed by atoms with Gasteiger partial charge in [-0.3, -0.25) is 19.2 Å². The number of benzene rings is 2. The standard InChI is InChI=1S/C21H25N3O8S/c1-4-5-12-32-21(26)15-6-8-16(9-7-15)22-20(25)14-23(33(3,29)30)18-13-17(24(27)28)10-11-19(18)31-2/h6-11,13H,4-5,12,14H2,1-3H3,(H,22,25). The Labute approximate surface area is 191 Å². The van der Waals surface area contributed by atoms with Crippen LogP contribution in [0.15, 0.2) is 42.5 Å². The van der Waals surface area contributed by atoms with Gasteiger partial charge < -0.3 is 14.8 Å². The van der Waals surface area contributed by atoms with Crippen molar-refractivity contribution in [3.63, 3.8) is 0 Å². The number of unbranched alkanes of at least 4 members (excludes halogenated alkanes) is 1. The highest BCUT2D eigenvalue weighted by Crippen LogP contribution is 2.33. The molecule has 2 aromatic rings. The van der Waals surface area contributed by atoms with Gasteiger partial charge >= 0.3 is 5.97 Å².